The van der Waals surface area contributed by atoms with Gasteiger partial charge < -0.3 is 10.2 Å². The fourth-order valence-corrected chi connectivity index (χ4v) is 1.50. The molecule has 0 saturated carbocycles. The average molecular weight is 202 g/mol. The van der Waals surface area contributed by atoms with Gasteiger partial charge in [-0.2, -0.15) is 0 Å². The maximum Gasteiger partial charge on any atom is 0.226 e. The van der Waals surface area contributed by atoms with E-state index >= 15 is 0 Å². The molecule has 0 aliphatic carbocycles. The summed E-state index contributed by atoms with van der Waals surface area (Å²) in [6, 6.07) is 9.88. The summed E-state index contributed by atoms with van der Waals surface area (Å²) in [5.74, 6) is 1.56. The van der Waals surface area contributed by atoms with Crippen molar-refractivity contribution >= 4 is 0 Å². The third kappa shape index (κ3) is 2.07. The highest BCUT2D eigenvalue weighted by molar-refractivity contribution is 5.53. The molecule has 3 heteroatoms. The van der Waals surface area contributed by atoms with Crippen molar-refractivity contribution in [2.24, 2.45) is 5.73 Å². The SMILES string of the molecule is Cc1nc(-c2ccccc2)oc1CCN. The molecule has 15 heavy (non-hydrogen) atoms. The lowest BCUT2D eigenvalue weighted by Gasteiger charge is -1.93. The molecule has 2 rings (SSSR count). The van der Waals surface area contributed by atoms with E-state index in [0.29, 0.717) is 12.4 Å². The van der Waals surface area contributed by atoms with Crippen molar-refractivity contribution in [2.45, 2.75) is 13.3 Å². The van der Waals surface area contributed by atoms with Crippen molar-refractivity contribution in [3.8, 4) is 11.5 Å². The third-order valence-electron chi connectivity index (χ3n) is 2.28. The zero-order valence-electron chi connectivity index (χ0n) is 8.73. The summed E-state index contributed by atoms with van der Waals surface area (Å²) in [7, 11) is 0. The Morgan fingerprint density at radius 3 is 2.67 bits per heavy atom. The van der Waals surface area contributed by atoms with Crippen LogP contribution < -0.4 is 5.73 Å². The highest BCUT2D eigenvalue weighted by Crippen LogP contribution is 2.21. The average Bonchev–Trinajstić information content (AvgIpc) is 2.63. The van der Waals surface area contributed by atoms with Gasteiger partial charge in [-0.25, -0.2) is 4.98 Å². The zero-order valence-corrected chi connectivity index (χ0v) is 8.73. The number of benzene rings is 1. The molecule has 0 atom stereocenters. The second-order valence-electron chi connectivity index (χ2n) is 3.43. The van der Waals surface area contributed by atoms with E-state index < -0.39 is 0 Å². The Bertz CT molecular complexity index is 434. The molecule has 0 amide bonds. The van der Waals surface area contributed by atoms with Crippen LogP contribution in [0.5, 0.6) is 0 Å². The van der Waals surface area contributed by atoms with Gasteiger partial charge in [0.05, 0.1) is 5.69 Å². The number of rotatable bonds is 3. The topological polar surface area (TPSA) is 52.0 Å². The van der Waals surface area contributed by atoms with Gasteiger partial charge in [0.15, 0.2) is 0 Å². The normalized spacial score (nSPS) is 10.5. The number of hydrogen-bond donors (Lipinski definition) is 1. The lowest BCUT2D eigenvalue weighted by Crippen LogP contribution is -2.02. The molecule has 2 N–H and O–H groups in total. The van der Waals surface area contributed by atoms with Gasteiger partial charge in [0, 0.05) is 12.0 Å². The standard InChI is InChI=1S/C12H14N2O/c1-9-11(7-8-13)15-12(14-9)10-5-3-2-4-6-10/h2-6H,7-8,13H2,1H3. The van der Waals surface area contributed by atoms with E-state index in [9.17, 15) is 0 Å². The Morgan fingerprint density at radius 2 is 2.00 bits per heavy atom. The van der Waals surface area contributed by atoms with Gasteiger partial charge in [-0.15, -0.1) is 0 Å². The number of aryl methyl sites for hydroxylation is 1. The third-order valence-corrected chi connectivity index (χ3v) is 2.28. The highest BCUT2D eigenvalue weighted by atomic mass is 16.4. The van der Waals surface area contributed by atoms with E-state index in [1.807, 2.05) is 37.3 Å². The largest absolute Gasteiger partial charge is 0.441 e. The summed E-state index contributed by atoms with van der Waals surface area (Å²) >= 11 is 0. The van der Waals surface area contributed by atoms with E-state index in [1.54, 1.807) is 0 Å². The van der Waals surface area contributed by atoms with E-state index in [1.165, 1.54) is 0 Å². The van der Waals surface area contributed by atoms with Crippen molar-refractivity contribution < 1.29 is 4.42 Å². The number of nitrogens with two attached hydrogens (primary N) is 1. The molecule has 0 aliphatic rings. The maximum atomic E-state index is 5.65. The summed E-state index contributed by atoms with van der Waals surface area (Å²) in [6.45, 7) is 2.53. The fourth-order valence-electron chi connectivity index (χ4n) is 1.50. The highest BCUT2D eigenvalue weighted by Gasteiger charge is 2.09. The second kappa shape index (κ2) is 4.28. The van der Waals surface area contributed by atoms with Crippen LogP contribution in [0, 0.1) is 6.92 Å². The van der Waals surface area contributed by atoms with E-state index in [-0.39, 0.29) is 0 Å². The monoisotopic (exact) mass is 202 g/mol. The van der Waals surface area contributed by atoms with Gasteiger partial charge in [-0.1, -0.05) is 18.2 Å². The van der Waals surface area contributed by atoms with Crippen LogP contribution in [0.2, 0.25) is 0 Å². The molecule has 3 nitrogen and oxygen atoms in total. The number of hydrogen-bond acceptors (Lipinski definition) is 3. The minimum absolute atomic E-state index is 0.588. The molecule has 2 aromatic rings. The van der Waals surface area contributed by atoms with Crippen LogP contribution in [-0.2, 0) is 6.42 Å². The smallest absolute Gasteiger partial charge is 0.226 e. The molecule has 0 saturated heterocycles. The Morgan fingerprint density at radius 1 is 1.27 bits per heavy atom. The maximum absolute atomic E-state index is 5.65. The minimum atomic E-state index is 0.588. The van der Waals surface area contributed by atoms with Crippen molar-refractivity contribution in [2.75, 3.05) is 6.54 Å². The molecular formula is C12H14N2O. The predicted octanol–water partition coefficient (Wildman–Crippen LogP) is 2.15. The summed E-state index contributed by atoms with van der Waals surface area (Å²) in [5.41, 5.74) is 7.42. The van der Waals surface area contributed by atoms with Gasteiger partial charge >= 0.3 is 0 Å². The van der Waals surface area contributed by atoms with Crippen molar-refractivity contribution in [1.82, 2.24) is 4.98 Å². The van der Waals surface area contributed by atoms with Crippen molar-refractivity contribution in [1.29, 1.82) is 0 Å². The summed E-state index contributed by atoms with van der Waals surface area (Å²) < 4.78 is 5.65. The number of aromatic nitrogens is 1. The van der Waals surface area contributed by atoms with Gasteiger partial charge in [-0.3, -0.25) is 0 Å². The summed E-state index contributed by atoms with van der Waals surface area (Å²) in [4.78, 5) is 4.38. The lowest BCUT2D eigenvalue weighted by atomic mass is 10.2. The van der Waals surface area contributed by atoms with Crippen LogP contribution >= 0.6 is 0 Å². The van der Waals surface area contributed by atoms with Crippen molar-refractivity contribution in [3.05, 3.63) is 41.8 Å². The van der Waals surface area contributed by atoms with Crippen LogP contribution in [0.15, 0.2) is 34.7 Å². The molecular weight excluding hydrogens is 188 g/mol. The molecule has 1 aromatic carbocycles. The first-order chi connectivity index (χ1) is 7.31. The minimum Gasteiger partial charge on any atom is -0.441 e. The van der Waals surface area contributed by atoms with Crippen LogP contribution in [-0.4, -0.2) is 11.5 Å². The summed E-state index contributed by atoms with van der Waals surface area (Å²) in [5, 5.41) is 0. The molecule has 1 heterocycles. The van der Waals surface area contributed by atoms with E-state index in [0.717, 1.165) is 23.4 Å². The fraction of sp³-hybridized carbons (Fsp3) is 0.250. The Kier molecular flexibility index (Phi) is 2.83. The van der Waals surface area contributed by atoms with Crippen LogP contribution in [0.3, 0.4) is 0 Å². The van der Waals surface area contributed by atoms with Crippen LogP contribution in [0.4, 0.5) is 0 Å². The first-order valence-electron chi connectivity index (χ1n) is 5.03. The molecule has 0 bridgehead atoms. The van der Waals surface area contributed by atoms with Crippen LogP contribution in [0.1, 0.15) is 11.5 Å². The van der Waals surface area contributed by atoms with Gasteiger partial charge in [-0.05, 0) is 25.6 Å². The van der Waals surface area contributed by atoms with Crippen LogP contribution in [0.25, 0.3) is 11.5 Å². The second-order valence-corrected chi connectivity index (χ2v) is 3.43. The summed E-state index contributed by atoms with van der Waals surface area (Å²) in [6.07, 6.45) is 0.742. The Labute approximate surface area is 88.9 Å². The molecule has 0 spiro atoms. The van der Waals surface area contributed by atoms with Crippen molar-refractivity contribution in [3.63, 3.8) is 0 Å². The quantitative estimate of drug-likeness (QED) is 0.829. The molecule has 1 aromatic heterocycles. The van der Waals surface area contributed by atoms with Gasteiger partial charge in [0.1, 0.15) is 5.76 Å². The van der Waals surface area contributed by atoms with E-state index in [2.05, 4.69) is 4.98 Å². The first-order valence-corrected chi connectivity index (χ1v) is 5.03. The van der Waals surface area contributed by atoms with Gasteiger partial charge in [0.2, 0.25) is 5.89 Å². The predicted molar refractivity (Wildman–Crippen MR) is 59.4 cm³/mol. The number of oxazole rings is 1. The Hall–Kier alpha value is -1.61. The zero-order chi connectivity index (χ0) is 10.7. The lowest BCUT2D eigenvalue weighted by molar-refractivity contribution is 0.517. The molecule has 78 valence electrons. The Balaban J connectivity index is 2.34. The molecule has 0 fully saturated rings. The molecule has 0 radical (unpaired) electrons. The van der Waals surface area contributed by atoms with Gasteiger partial charge in [0.25, 0.3) is 0 Å². The van der Waals surface area contributed by atoms with E-state index in [4.69, 9.17) is 10.2 Å². The number of nitrogens with zero attached hydrogens (tertiary/aromatic N) is 1. The molecule has 0 aliphatic heterocycles. The molecule has 0 unspecified atom stereocenters. The first kappa shape index (κ1) is 9.93.